The number of rotatable bonds is 5. The molecule has 4 heterocycles. The number of amides is 1. The molecule has 4 aliphatic rings. The van der Waals surface area contributed by atoms with Crippen LogP contribution >= 0.6 is 8.58 Å². The molecule has 2 fully saturated rings. The summed E-state index contributed by atoms with van der Waals surface area (Å²) in [6.45, 7) is 7.99. The Bertz CT molecular complexity index is 962. The van der Waals surface area contributed by atoms with Gasteiger partial charge in [0.15, 0.2) is 11.6 Å². The zero-order valence-electron chi connectivity index (χ0n) is 18.1. The largest absolute Gasteiger partial charge is 0.494 e. The van der Waals surface area contributed by atoms with Crippen LogP contribution in [0.25, 0.3) is 5.31 Å². The van der Waals surface area contributed by atoms with Crippen molar-refractivity contribution in [1.82, 2.24) is 14.7 Å². The van der Waals surface area contributed by atoms with Crippen LogP contribution in [0.5, 0.6) is 5.75 Å². The third-order valence-electron chi connectivity index (χ3n) is 6.78. The molecule has 0 N–H and O–H groups in total. The number of benzene rings is 1. The van der Waals surface area contributed by atoms with Crippen LogP contribution in [-0.4, -0.2) is 66.2 Å². The van der Waals surface area contributed by atoms with Gasteiger partial charge in [-0.1, -0.05) is 27.6 Å². The zero-order chi connectivity index (χ0) is 21.5. The average Bonchev–Trinajstić information content (AvgIpc) is 3.32. The number of halogens is 1. The lowest BCUT2D eigenvalue weighted by Crippen LogP contribution is -2.37. The van der Waals surface area contributed by atoms with Gasteiger partial charge in [0.25, 0.3) is 5.91 Å². The summed E-state index contributed by atoms with van der Waals surface area (Å²) in [5, 5.41) is 0.890. The number of methoxy groups -OCH3 is 1. The molecule has 31 heavy (non-hydrogen) atoms. The molecule has 7 heteroatoms. The lowest BCUT2D eigenvalue weighted by molar-refractivity contribution is -0.123. The standard InChI is InChI=1S/C24H29FN3O2P/c1-3-8-26-11-17-13-27(14-18(17)12-26)19-5-7-24-28(15-19)23(29)10-22(31-24)16-4-6-21(30-2)20(25)9-16/h4-7,9-10,15,17-18,24,31H,3,8,11-14H2,1-2H3/t17-,18?,24?/m0/s1. The molecule has 0 radical (unpaired) electrons. The van der Waals surface area contributed by atoms with Gasteiger partial charge < -0.3 is 19.4 Å². The Labute approximate surface area is 185 Å². The Morgan fingerprint density at radius 1 is 1.19 bits per heavy atom. The fraction of sp³-hybridized carbons (Fsp3) is 0.458. The number of carbonyl (C=O) groups excluding carboxylic acids is 1. The molecule has 0 bridgehead atoms. The van der Waals surface area contributed by atoms with Gasteiger partial charge in [0.1, 0.15) is 0 Å². The minimum atomic E-state index is -0.404. The molecule has 0 aliphatic carbocycles. The van der Waals surface area contributed by atoms with E-state index in [1.54, 1.807) is 12.1 Å². The predicted molar refractivity (Wildman–Crippen MR) is 122 cm³/mol. The molecule has 0 saturated carbocycles. The molecular formula is C24H29FN3O2P. The Kier molecular flexibility index (Phi) is 5.61. The van der Waals surface area contributed by atoms with Crippen LogP contribution in [0.4, 0.5) is 4.39 Å². The summed E-state index contributed by atoms with van der Waals surface area (Å²) >= 11 is 0. The van der Waals surface area contributed by atoms with Crippen molar-refractivity contribution in [3.8, 4) is 5.75 Å². The van der Waals surface area contributed by atoms with Crippen LogP contribution in [0.3, 0.4) is 0 Å². The summed E-state index contributed by atoms with van der Waals surface area (Å²) in [5.74, 6) is 1.24. The smallest absolute Gasteiger partial charge is 0.252 e. The SMILES string of the molecule is CCCN1CC2CN(C3=CN4C(=O)C=C(c5ccc(OC)c(F)c5)PC4C=C3)C[C@@H]2C1. The van der Waals surface area contributed by atoms with Gasteiger partial charge in [-0.2, -0.15) is 0 Å². The number of fused-ring (bicyclic) bond motifs is 2. The normalized spacial score (nSPS) is 28.6. The van der Waals surface area contributed by atoms with E-state index in [1.807, 2.05) is 17.2 Å². The Morgan fingerprint density at radius 3 is 2.65 bits per heavy atom. The molecule has 1 aromatic carbocycles. The van der Waals surface area contributed by atoms with Crippen LogP contribution in [0.2, 0.25) is 0 Å². The summed E-state index contributed by atoms with van der Waals surface area (Å²) in [6, 6.07) is 4.90. The molecule has 4 aliphatic heterocycles. The van der Waals surface area contributed by atoms with Gasteiger partial charge in [-0.3, -0.25) is 4.79 Å². The highest BCUT2D eigenvalue weighted by Gasteiger charge is 2.40. The van der Waals surface area contributed by atoms with Gasteiger partial charge in [0, 0.05) is 38.5 Å². The molecular weight excluding hydrogens is 412 g/mol. The maximum Gasteiger partial charge on any atom is 0.252 e. The Morgan fingerprint density at radius 2 is 1.97 bits per heavy atom. The summed E-state index contributed by atoms with van der Waals surface area (Å²) in [5.41, 5.74) is 1.88. The summed E-state index contributed by atoms with van der Waals surface area (Å²) in [6.07, 6.45) is 9.20. The molecule has 0 spiro atoms. The first-order chi connectivity index (χ1) is 15.1. The molecule has 3 unspecified atom stereocenters. The summed E-state index contributed by atoms with van der Waals surface area (Å²) in [4.78, 5) is 19.8. The first kappa shape index (κ1) is 20.7. The lowest BCUT2D eigenvalue weighted by Gasteiger charge is -2.36. The Balaban J connectivity index is 1.29. The van der Waals surface area contributed by atoms with Gasteiger partial charge in [0.05, 0.1) is 18.6 Å². The fourth-order valence-electron chi connectivity index (χ4n) is 5.25. The minimum absolute atomic E-state index is 0.00330. The molecule has 1 amide bonds. The number of hydrogen-bond donors (Lipinski definition) is 0. The fourth-order valence-corrected chi connectivity index (χ4v) is 6.63. The van der Waals surface area contributed by atoms with Crippen LogP contribution in [-0.2, 0) is 4.79 Å². The molecule has 5 nitrogen and oxygen atoms in total. The Hall–Kier alpha value is -2.17. The number of carbonyl (C=O) groups is 1. The molecule has 5 rings (SSSR count). The maximum absolute atomic E-state index is 14.1. The molecule has 4 atom stereocenters. The molecule has 0 aromatic heterocycles. The molecule has 2 saturated heterocycles. The predicted octanol–water partition coefficient (Wildman–Crippen LogP) is 3.71. The number of likely N-dealkylation sites (tertiary alicyclic amines) is 2. The average molecular weight is 441 g/mol. The topological polar surface area (TPSA) is 36.0 Å². The van der Waals surface area contributed by atoms with Crippen molar-refractivity contribution in [3.05, 3.63) is 59.7 Å². The monoisotopic (exact) mass is 441 g/mol. The van der Waals surface area contributed by atoms with E-state index in [1.165, 1.54) is 39.2 Å². The number of allylic oxidation sites excluding steroid dienone is 1. The third-order valence-corrected chi connectivity index (χ3v) is 8.29. The van der Waals surface area contributed by atoms with Crippen LogP contribution in [0.15, 0.2) is 48.3 Å². The third kappa shape index (κ3) is 3.92. The second-order valence-corrected chi connectivity index (χ2v) is 10.3. The van der Waals surface area contributed by atoms with E-state index >= 15 is 0 Å². The van der Waals surface area contributed by atoms with Crippen molar-refractivity contribution >= 4 is 19.8 Å². The van der Waals surface area contributed by atoms with Crippen molar-refractivity contribution in [3.63, 3.8) is 0 Å². The second kappa shape index (κ2) is 8.40. The molecule has 164 valence electrons. The summed E-state index contributed by atoms with van der Waals surface area (Å²) < 4.78 is 19.2. The van der Waals surface area contributed by atoms with E-state index in [4.69, 9.17) is 4.74 Å². The summed E-state index contributed by atoms with van der Waals surface area (Å²) in [7, 11) is 1.83. The minimum Gasteiger partial charge on any atom is -0.494 e. The van der Waals surface area contributed by atoms with Crippen molar-refractivity contribution in [1.29, 1.82) is 0 Å². The quantitative estimate of drug-likeness (QED) is 0.653. The van der Waals surface area contributed by atoms with Gasteiger partial charge in [-0.25, -0.2) is 4.39 Å². The van der Waals surface area contributed by atoms with Crippen molar-refractivity contribution in [2.45, 2.75) is 19.1 Å². The zero-order valence-corrected chi connectivity index (χ0v) is 19.1. The van der Waals surface area contributed by atoms with Gasteiger partial charge >= 0.3 is 0 Å². The van der Waals surface area contributed by atoms with E-state index in [9.17, 15) is 9.18 Å². The number of nitrogens with zero attached hydrogens (tertiary/aromatic N) is 3. The van der Waals surface area contributed by atoms with Gasteiger partial charge in [0.2, 0.25) is 0 Å². The van der Waals surface area contributed by atoms with E-state index in [0.717, 1.165) is 41.5 Å². The van der Waals surface area contributed by atoms with E-state index in [-0.39, 0.29) is 17.4 Å². The van der Waals surface area contributed by atoms with Crippen molar-refractivity contribution in [2.75, 3.05) is 39.8 Å². The van der Waals surface area contributed by atoms with Gasteiger partial charge in [-0.05, 0) is 53.9 Å². The van der Waals surface area contributed by atoms with E-state index in [2.05, 4.69) is 28.9 Å². The van der Waals surface area contributed by atoms with E-state index < -0.39 is 5.82 Å². The first-order valence-electron chi connectivity index (χ1n) is 11.1. The molecule has 1 aromatic rings. The first-order valence-corrected chi connectivity index (χ1v) is 12.1. The van der Waals surface area contributed by atoms with E-state index in [0.29, 0.717) is 8.58 Å². The highest BCUT2D eigenvalue weighted by Crippen LogP contribution is 2.45. The van der Waals surface area contributed by atoms with Crippen LogP contribution in [0, 0.1) is 17.7 Å². The van der Waals surface area contributed by atoms with Crippen molar-refractivity contribution < 1.29 is 13.9 Å². The highest BCUT2D eigenvalue weighted by atomic mass is 31.1. The number of hydrogen-bond acceptors (Lipinski definition) is 4. The number of ether oxygens (including phenoxy) is 1. The lowest BCUT2D eigenvalue weighted by atomic mass is 10.0. The maximum atomic E-state index is 14.1. The van der Waals surface area contributed by atoms with Crippen LogP contribution in [0.1, 0.15) is 18.9 Å². The highest BCUT2D eigenvalue weighted by molar-refractivity contribution is 7.51. The van der Waals surface area contributed by atoms with Crippen LogP contribution < -0.4 is 4.74 Å². The second-order valence-electron chi connectivity index (χ2n) is 8.84. The van der Waals surface area contributed by atoms with Crippen molar-refractivity contribution in [2.24, 2.45) is 11.8 Å². The van der Waals surface area contributed by atoms with Gasteiger partial charge in [-0.15, -0.1) is 0 Å².